The van der Waals surface area contributed by atoms with Crippen LogP contribution in [0, 0.1) is 11.8 Å². The normalized spacial score (nSPS) is 29.0. The van der Waals surface area contributed by atoms with Crippen molar-refractivity contribution >= 4 is 23.4 Å². The first-order chi connectivity index (χ1) is 8.06. The topological polar surface area (TPSA) is 63.8 Å². The van der Waals surface area contributed by atoms with Gasteiger partial charge in [0, 0.05) is 12.1 Å². The van der Waals surface area contributed by atoms with Crippen LogP contribution in [-0.4, -0.2) is 16.0 Å². The van der Waals surface area contributed by atoms with Crippen molar-refractivity contribution in [3.05, 3.63) is 11.2 Å². The lowest BCUT2D eigenvalue weighted by Gasteiger charge is -2.34. The number of nitrogens with zero attached hydrogens (tertiary/aromatic N) is 2. The largest absolute Gasteiger partial charge is 0.368 e. The number of hydrogen-bond acceptors (Lipinski definition) is 4. The van der Waals surface area contributed by atoms with E-state index in [4.69, 9.17) is 17.3 Å². The molecule has 1 aliphatic rings. The van der Waals surface area contributed by atoms with E-state index < -0.39 is 0 Å². The first-order valence-electron chi connectivity index (χ1n) is 6.13. The highest BCUT2D eigenvalue weighted by Crippen LogP contribution is 2.31. The molecule has 1 aliphatic carbocycles. The number of aromatic nitrogens is 2. The molecule has 0 unspecified atom stereocenters. The summed E-state index contributed by atoms with van der Waals surface area (Å²) >= 11 is 5.86. The van der Waals surface area contributed by atoms with Gasteiger partial charge in [-0.3, -0.25) is 0 Å². The van der Waals surface area contributed by atoms with Crippen molar-refractivity contribution in [1.29, 1.82) is 0 Å². The molecule has 0 bridgehead atoms. The SMILES string of the molecule is C[C@@H]1[C@H](C)CCC[C@H]1Nc1cc(Cl)nc(N)n1. The number of nitrogens with two attached hydrogens (primary N) is 1. The van der Waals surface area contributed by atoms with Crippen LogP contribution >= 0.6 is 11.6 Å². The maximum atomic E-state index is 5.86. The minimum Gasteiger partial charge on any atom is -0.368 e. The standard InChI is InChI=1S/C12H19ClN4/c1-7-4-3-5-9(8(7)2)15-11-6-10(13)16-12(14)17-11/h6-9H,3-5H2,1-2H3,(H3,14,15,16,17)/t7-,8-,9-/m1/s1. The molecular formula is C12H19ClN4. The summed E-state index contributed by atoms with van der Waals surface area (Å²) in [4.78, 5) is 8.01. The Balaban J connectivity index is 2.09. The third-order valence-electron chi connectivity index (χ3n) is 3.75. The minimum absolute atomic E-state index is 0.219. The molecule has 0 saturated heterocycles. The fourth-order valence-corrected chi connectivity index (χ4v) is 2.67. The highest BCUT2D eigenvalue weighted by molar-refractivity contribution is 6.29. The Kier molecular flexibility index (Phi) is 3.72. The number of nitrogens with one attached hydrogen (secondary N) is 1. The van der Waals surface area contributed by atoms with Crippen LogP contribution in [0.1, 0.15) is 33.1 Å². The number of rotatable bonds is 2. The van der Waals surface area contributed by atoms with Gasteiger partial charge in [-0.1, -0.05) is 38.3 Å². The fourth-order valence-electron chi connectivity index (χ4n) is 2.48. The molecule has 0 radical (unpaired) electrons. The monoisotopic (exact) mass is 254 g/mol. The second kappa shape index (κ2) is 5.08. The predicted molar refractivity (Wildman–Crippen MR) is 71.0 cm³/mol. The average Bonchev–Trinajstić information content (AvgIpc) is 2.23. The van der Waals surface area contributed by atoms with Crippen LogP contribution in [0.25, 0.3) is 0 Å². The summed E-state index contributed by atoms with van der Waals surface area (Å²) in [5.74, 6) is 2.33. The number of nitrogen functional groups attached to an aromatic ring is 1. The zero-order chi connectivity index (χ0) is 12.4. The van der Waals surface area contributed by atoms with E-state index >= 15 is 0 Å². The third-order valence-corrected chi connectivity index (χ3v) is 3.95. The van der Waals surface area contributed by atoms with Crippen LogP contribution in [0.3, 0.4) is 0 Å². The van der Waals surface area contributed by atoms with Gasteiger partial charge in [0.1, 0.15) is 11.0 Å². The molecule has 1 heterocycles. The summed E-state index contributed by atoms with van der Waals surface area (Å²) in [6.45, 7) is 4.59. The van der Waals surface area contributed by atoms with Gasteiger partial charge in [0.25, 0.3) is 0 Å². The highest BCUT2D eigenvalue weighted by atomic mass is 35.5. The Morgan fingerprint density at radius 2 is 2.12 bits per heavy atom. The summed E-state index contributed by atoms with van der Waals surface area (Å²) in [6, 6.07) is 2.17. The fraction of sp³-hybridized carbons (Fsp3) is 0.667. The summed E-state index contributed by atoms with van der Waals surface area (Å²) in [5.41, 5.74) is 5.58. The second-order valence-electron chi connectivity index (χ2n) is 4.95. The van der Waals surface area contributed by atoms with Crippen molar-refractivity contribution in [3.8, 4) is 0 Å². The predicted octanol–water partition coefficient (Wildman–Crippen LogP) is 2.95. The quantitative estimate of drug-likeness (QED) is 0.797. The van der Waals surface area contributed by atoms with Crippen molar-refractivity contribution in [2.75, 3.05) is 11.1 Å². The highest BCUT2D eigenvalue weighted by Gasteiger charge is 2.27. The van der Waals surface area contributed by atoms with Gasteiger partial charge in [0.2, 0.25) is 5.95 Å². The van der Waals surface area contributed by atoms with Gasteiger partial charge in [-0.2, -0.15) is 4.98 Å². The Hall–Kier alpha value is -1.03. The molecule has 0 aromatic carbocycles. The van der Waals surface area contributed by atoms with Gasteiger partial charge in [0.05, 0.1) is 0 Å². The van der Waals surface area contributed by atoms with Gasteiger partial charge >= 0.3 is 0 Å². The molecular weight excluding hydrogens is 236 g/mol. The number of halogens is 1. The van der Waals surface area contributed by atoms with E-state index in [2.05, 4.69) is 29.1 Å². The summed E-state index contributed by atoms with van der Waals surface area (Å²) < 4.78 is 0. The van der Waals surface area contributed by atoms with E-state index in [-0.39, 0.29) is 5.95 Å². The van der Waals surface area contributed by atoms with Gasteiger partial charge in [-0.25, -0.2) is 4.98 Å². The Morgan fingerprint density at radius 1 is 1.35 bits per heavy atom. The van der Waals surface area contributed by atoms with Crippen molar-refractivity contribution in [2.45, 2.75) is 39.2 Å². The second-order valence-corrected chi connectivity index (χ2v) is 5.34. The molecule has 1 aromatic rings. The number of hydrogen-bond donors (Lipinski definition) is 2. The van der Waals surface area contributed by atoms with Crippen molar-refractivity contribution < 1.29 is 0 Å². The van der Waals surface area contributed by atoms with E-state index in [1.807, 2.05) is 0 Å². The molecule has 0 amide bonds. The van der Waals surface area contributed by atoms with E-state index in [9.17, 15) is 0 Å². The van der Waals surface area contributed by atoms with Crippen LogP contribution in [0.5, 0.6) is 0 Å². The van der Waals surface area contributed by atoms with E-state index in [1.165, 1.54) is 19.3 Å². The van der Waals surface area contributed by atoms with Crippen LogP contribution in [-0.2, 0) is 0 Å². The Labute approximate surface area is 107 Å². The molecule has 1 fully saturated rings. The lowest BCUT2D eigenvalue weighted by molar-refractivity contribution is 0.253. The summed E-state index contributed by atoms with van der Waals surface area (Å²) in [7, 11) is 0. The molecule has 1 saturated carbocycles. The molecule has 1 aromatic heterocycles. The summed E-state index contributed by atoms with van der Waals surface area (Å²) in [6.07, 6.45) is 3.75. The maximum absolute atomic E-state index is 5.86. The van der Waals surface area contributed by atoms with Crippen LogP contribution in [0.2, 0.25) is 5.15 Å². The van der Waals surface area contributed by atoms with Gasteiger partial charge < -0.3 is 11.1 Å². The van der Waals surface area contributed by atoms with Gasteiger partial charge in [0.15, 0.2) is 0 Å². The maximum Gasteiger partial charge on any atom is 0.223 e. The van der Waals surface area contributed by atoms with E-state index in [0.29, 0.717) is 17.1 Å². The summed E-state index contributed by atoms with van der Waals surface area (Å²) in [5, 5.41) is 3.81. The van der Waals surface area contributed by atoms with E-state index in [0.717, 1.165) is 11.7 Å². The molecule has 17 heavy (non-hydrogen) atoms. The molecule has 0 aliphatic heterocycles. The number of anilines is 2. The van der Waals surface area contributed by atoms with Crippen molar-refractivity contribution in [2.24, 2.45) is 11.8 Å². The molecule has 3 N–H and O–H groups in total. The molecule has 2 rings (SSSR count). The van der Waals surface area contributed by atoms with Crippen molar-refractivity contribution in [3.63, 3.8) is 0 Å². The van der Waals surface area contributed by atoms with Crippen molar-refractivity contribution in [1.82, 2.24) is 9.97 Å². The van der Waals surface area contributed by atoms with Gasteiger partial charge in [-0.15, -0.1) is 0 Å². The zero-order valence-electron chi connectivity index (χ0n) is 10.3. The zero-order valence-corrected chi connectivity index (χ0v) is 11.0. The molecule has 3 atom stereocenters. The average molecular weight is 255 g/mol. The third kappa shape index (κ3) is 3.00. The van der Waals surface area contributed by atoms with Crippen LogP contribution in [0.15, 0.2) is 6.07 Å². The lowest BCUT2D eigenvalue weighted by atomic mass is 9.78. The Morgan fingerprint density at radius 3 is 2.82 bits per heavy atom. The first-order valence-corrected chi connectivity index (χ1v) is 6.50. The lowest BCUT2D eigenvalue weighted by Crippen LogP contribution is -2.35. The van der Waals surface area contributed by atoms with E-state index in [1.54, 1.807) is 6.07 Å². The Bertz CT molecular complexity index is 376. The molecule has 0 spiro atoms. The van der Waals surface area contributed by atoms with Crippen LogP contribution < -0.4 is 11.1 Å². The first kappa shape index (κ1) is 12.4. The smallest absolute Gasteiger partial charge is 0.223 e. The van der Waals surface area contributed by atoms with Crippen LogP contribution in [0.4, 0.5) is 11.8 Å². The van der Waals surface area contributed by atoms with Gasteiger partial charge in [-0.05, 0) is 18.3 Å². The molecule has 5 heteroatoms. The molecule has 4 nitrogen and oxygen atoms in total. The molecule has 94 valence electrons. The minimum atomic E-state index is 0.219.